The molecule has 0 heterocycles. The number of ether oxygens (including phenoxy) is 4. The molecule has 0 atom stereocenters. The number of anilines is 1. The second kappa shape index (κ2) is 10.2. The number of benzene rings is 1. The van der Waals surface area contributed by atoms with Gasteiger partial charge in [0.2, 0.25) is 0 Å². The van der Waals surface area contributed by atoms with Crippen molar-refractivity contribution >= 4 is 17.6 Å². The lowest BCUT2D eigenvalue weighted by Crippen LogP contribution is -2.24. The number of esters is 2. The van der Waals surface area contributed by atoms with Crippen molar-refractivity contribution in [3.63, 3.8) is 0 Å². The third kappa shape index (κ3) is 5.41. The van der Waals surface area contributed by atoms with Crippen molar-refractivity contribution in [2.24, 2.45) is 0 Å². The number of hydrogen-bond donors (Lipinski definition) is 0. The van der Waals surface area contributed by atoms with Crippen LogP contribution in [0.1, 0.15) is 20.8 Å². The van der Waals surface area contributed by atoms with Crippen LogP contribution in [0.15, 0.2) is 30.0 Å². The summed E-state index contributed by atoms with van der Waals surface area (Å²) in [5, 5.41) is 0. The second-order valence-corrected chi connectivity index (χ2v) is 4.81. The van der Waals surface area contributed by atoms with E-state index in [0.29, 0.717) is 23.7 Å². The van der Waals surface area contributed by atoms with Crippen molar-refractivity contribution < 1.29 is 28.5 Å². The zero-order valence-electron chi connectivity index (χ0n) is 15.3. The van der Waals surface area contributed by atoms with E-state index < -0.39 is 11.9 Å². The van der Waals surface area contributed by atoms with Gasteiger partial charge in [-0.1, -0.05) is 0 Å². The van der Waals surface area contributed by atoms with Gasteiger partial charge in [0.1, 0.15) is 11.5 Å². The number of rotatable bonds is 9. The van der Waals surface area contributed by atoms with Crippen LogP contribution in [0.2, 0.25) is 0 Å². The third-order valence-corrected chi connectivity index (χ3v) is 3.31. The summed E-state index contributed by atoms with van der Waals surface area (Å²) in [4.78, 5) is 26.0. The topological polar surface area (TPSA) is 74.3 Å². The van der Waals surface area contributed by atoms with E-state index in [1.165, 1.54) is 13.3 Å². The van der Waals surface area contributed by atoms with E-state index in [-0.39, 0.29) is 18.8 Å². The van der Waals surface area contributed by atoms with Crippen LogP contribution < -0.4 is 14.4 Å². The molecule has 7 nitrogen and oxygen atoms in total. The van der Waals surface area contributed by atoms with Crippen molar-refractivity contribution in [3.8, 4) is 11.5 Å². The molecule has 0 aliphatic carbocycles. The molecule has 0 saturated carbocycles. The lowest BCUT2D eigenvalue weighted by Gasteiger charge is -2.22. The van der Waals surface area contributed by atoms with Gasteiger partial charge in [-0.05, 0) is 32.9 Å². The molecule has 0 amide bonds. The summed E-state index contributed by atoms with van der Waals surface area (Å²) in [5.74, 6) is -0.278. The summed E-state index contributed by atoms with van der Waals surface area (Å²) in [6, 6.07) is 5.27. The van der Waals surface area contributed by atoms with Gasteiger partial charge in [-0.15, -0.1) is 0 Å². The maximum absolute atomic E-state index is 12.1. The number of carbonyl (C=O) groups is 2. The average molecular weight is 351 g/mol. The van der Waals surface area contributed by atoms with E-state index in [0.717, 1.165) is 0 Å². The first kappa shape index (κ1) is 20.3. The SMILES string of the molecule is CCOC(=O)C(=CN(CC)c1ccc(OC)cc1OC)C(=O)OCC. The molecule has 138 valence electrons. The maximum Gasteiger partial charge on any atom is 0.347 e. The van der Waals surface area contributed by atoms with Gasteiger partial charge < -0.3 is 23.8 Å². The van der Waals surface area contributed by atoms with Gasteiger partial charge in [0.05, 0.1) is 33.1 Å². The van der Waals surface area contributed by atoms with Gasteiger partial charge >= 0.3 is 11.9 Å². The molecule has 0 aliphatic rings. The normalized spacial score (nSPS) is 9.80. The fraction of sp³-hybridized carbons (Fsp3) is 0.444. The summed E-state index contributed by atoms with van der Waals surface area (Å²) in [6.45, 7) is 6.04. The Kier molecular flexibility index (Phi) is 8.32. The molecule has 0 radical (unpaired) electrons. The van der Waals surface area contributed by atoms with Crippen LogP contribution in [0.3, 0.4) is 0 Å². The fourth-order valence-corrected chi connectivity index (χ4v) is 2.12. The lowest BCUT2D eigenvalue weighted by atomic mass is 10.2. The maximum atomic E-state index is 12.1. The minimum atomic E-state index is -0.730. The van der Waals surface area contributed by atoms with E-state index in [1.807, 2.05) is 6.92 Å². The standard InChI is InChI=1S/C18H25NO6/c1-6-19(15-10-9-13(22-4)11-16(15)23-5)12-14(17(20)24-7-2)18(21)25-8-3/h9-12H,6-8H2,1-5H3. The quantitative estimate of drug-likeness (QED) is 0.293. The van der Waals surface area contributed by atoms with Crippen molar-refractivity contribution in [1.29, 1.82) is 0 Å². The highest BCUT2D eigenvalue weighted by Gasteiger charge is 2.23. The molecule has 1 rings (SSSR count). The molecule has 0 fully saturated rings. The predicted molar refractivity (Wildman–Crippen MR) is 93.9 cm³/mol. The second-order valence-electron chi connectivity index (χ2n) is 4.81. The highest BCUT2D eigenvalue weighted by molar-refractivity contribution is 6.14. The zero-order valence-corrected chi connectivity index (χ0v) is 15.3. The Morgan fingerprint density at radius 1 is 1.00 bits per heavy atom. The van der Waals surface area contributed by atoms with Gasteiger partial charge in [0.15, 0.2) is 5.57 Å². The van der Waals surface area contributed by atoms with E-state index >= 15 is 0 Å². The predicted octanol–water partition coefficient (Wildman–Crippen LogP) is 2.54. The Hall–Kier alpha value is -2.70. The van der Waals surface area contributed by atoms with Gasteiger partial charge in [0.25, 0.3) is 0 Å². The zero-order chi connectivity index (χ0) is 18.8. The number of nitrogens with zero attached hydrogens (tertiary/aromatic N) is 1. The molecule has 25 heavy (non-hydrogen) atoms. The van der Waals surface area contributed by atoms with Gasteiger partial charge in [-0.25, -0.2) is 9.59 Å². The number of hydrogen-bond acceptors (Lipinski definition) is 7. The Bertz CT molecular complexity index is 606. The van der Waals surface area contributed by atoms with Gasteiger partial charge in [0, 0.05) is 18.8 Å². The van der Waals surface area contributed by atoms with Crippen molar-refractivity contribution in [1.82, 2.24) is 0 Å². The minimum Gasteiger partial charge on any atom is -0.497 e. The van der Waals surface area contributed by atoms with Crippen molar-refractivity contribution in [2.45, 2.75) is 20.8 Å². The molecule has 0 aliphatic heterocycles. The smallest absolute Gasteiger partial charge is 0.347 e. The van der Waals surface area contributed by atoms with Crippen LogP contribution in [-0.2, 0) is 19.1 Å². The fourth-order valence-electron chi connectivity index (χ4n) is 2.12. The monoisotopic (exact) mass is 351 g/mol. The first-order chi connectivity index (χ1) is 12.0. The summed E-state index contributed by atoms with van der Waals surface area (Å²) in [7, 11) is 3.10. The average Bonchev–Trinajstić information content (AvgIpc) is 2.62. The van der Waals surface area contributed by atoms with Gasteiger partial charge in [-0.3, -0.25) is 0 Å². The summed E-state index contributed by atoms with van der Waals surface area (Å²) < 4.78 is 20.5. The van der Waals surface area contributed by atoms with Crippen LogP contribution in [-0.4, -0.2) is 45.9 Å². The molecule has 0 saturated heterocycles. The Morgan fingerprint density at radius 3 is 2.04 bits per heavy atom. The Morgan fingerprint density at radius 2 is 1.60 bits per heavy atom. The third-order valence-electron chi connectivity index (χ3n) is 3.31. The molecule has 0 bridgehead atoms. The molecule has 1 aromatic carbocycles. The summed E-state index contributed by atoms with van der Waals surface area (Å²) in [5.41, 5.74) is 0.500. The van der Waals surface area contributed by atoms with E-state index in [1.54, 1.807) is 44.1 Å². The van der Waals surface area contributed by atoms with Crippen molar-refractivity contribution in [3.05, 3.63) is 30.0 Å². The summed E-state index contributed by atoms with van der Waals surface area (Å²) in [6.07, 6.45) is 1.42. The molecular formula is C18H25NO6. The first-order valence-corrected chi connectivity index (χ1v) is 8.06. The minimum absolute atomic E-state index is 0.160. The molecule has 0 aromatic heterocycles. The van der Waals surface area contributed by atoms with Crippen LogP contribution >= 0.6 is 0 Å². The number of carbonyl (C=O) groups excluding carboxylic acids is 2. The molecule has 1 aromatic rings. The molecular weight excluding hydrogens is 326 g/mol. The number of methoxy groups -OCH3 is 2. The Balaban J connectivity index is 3.31. The first-order valence-electron chi connectivity index (χ1n) is 8.06. The highest BCUT2D eigenvalue weighted by Crippen LogP contribution is 2.32. The molecule has 0 spiro atoms. The van der Waals surface area contributed by atoms with E-state index in [2.05, 4.69) is 0 Å². The molecule has 7 heteroatoms. The van der Waals surface area contributed by atoms with Gasteiger partial charge in [-0.2, -0.15) is 0 Å². The van der Waals surface area contributed by atoms with Crippen molar-refractivity contribution in [2.75, 3.05) is 38.9 Å². The molecule has 0 N–H and O–H groups in total. The van der Waals surface area contributed by atoms with Crippen LogP contribution in [0.4, 0.5) is 5.69 Å². The molecule has 0 unspecified atom stereocenters. The highest BCUT2D eigenvalue weighted by atomic mass is 16.6. The van der Waals surface area contributed by atoms with Crippen LogP contribution in [0.5, 0.6) is 11.5 Å². The lowest BCUT2D eigenvalue weighted by molar-refractivity contribution is -0.146. The van der Waals surface area contributed by atoms with Crippen LogP contribution in [0.25, 0.3) is 0 Å². The van der Waals surface area contributed by atoms with E-state index in [9.17, 15) is 9.59 Å². The summed E-state index contributed by atoms with van der Waals surface area (Å²) >= 11 is 0. The van der Waals surface area contributed by atoms with E-state index in [4.69, 9.17) is 18.9 Å². The van der Waals surface area contributed by atoms with Crippen LogP contribution in [0, 0.1) is 0 Å². The Labute approximate surface area is 148 Å². The largest absolute Gasteiger partial charge is 0.497 e.